The Morgan fingerprint density at radius 1 is 1.04 bits per heavy atom. The first-order chi connectivity index (χ1) is 11.7. The third-order valence-electron chi connectivity index (χ3n) is 4.24. The van der Waals surface area contributed by atoms with E-state index < -0.39 is 0 Å². The van der Waals surface area contributed by atoms with E-state index >= 15 is 0 Å². The van der Waals surface area contributed by atoms with Crippen LogP contribution in [0.5, 0.6) is 5.75 Å². The lowest BCUT2D eigenvalue weighted by atomic mass is 10.1. The van der Waals surface area contributed by atoms with Gasteiger partial charge < -0.3 is 10.1 Å². The zero-order valence-electron chi connectivity index (χ0n) is 14.6. The molecule has 24 heavy (non-hydrogen) atoms. The van der Waals surface area contributed by atoms with Gasteiger partial charge in [0.05, 0.1) is 5.52 Å². The Labute approximate surface area is 143 Å². The molecule has 1 aromatic heterocycles. The summed E-state index contributed by atoms with van der Waals surface area (Å²) in [7, 11) is 0. The van der Waals surface area contributed by atoms with E-state index in [4.69, 9.17) is 9.72 Å². The summed E-state index contributed by atoms with van der Waals surface area (Å²) in [5.74, 6) is 0.871. The molecule has 0 aliphatic rings. The van der Waals surface area contributed by atoms with Crippen LogP contribution in [0.3, 0.4) is 0 Å². The topological polar surface area (TPSA) is 34.2 Å². The smallest absolute Gasteiger partial charge is 0.120 e. The average molecular weight is 320 g/mol. The maximum absolute atomic E-state index is 5.97. The Morgan fingerprint density at radius 2 is 1.83 bits per heavy atom. The molecule has 3 nitrogen and oxygen atoms in total. The Hall–Kier alpha value is -2.55. The monoisotopic (exact) mass is 320 g/mol. The largest absolute Gasteiger partial charge is 0.489 e. The molecule has 0 aliphatic heterocycles. The minimum absolute atomic E-state index is 0.572. The van der Waals surface area contributed by atoms with Crippen molar-refractivity contribution in [2.75, 3.05) is 11.9 Å². The second-order valence-electron chi connectivity index (χ2n) is 6.08. The third-order valence-corrected chi connectivity index (χ3v) is 4.24. The van der Waals surface area contributed by atoms with E-state index in [1.54, 1.807) is 0 Å². The predicted molar refractivity (Wildman–Crippen MR) is 101 cm³/mol. The average Bonchev–Trinajstić information content (AvgIpc) is 2.61. The minimum Gasteiger partial charge on any atom is -0.489 e. The van der Waals surface area contributed by atoms with Crippen molar-refractivity contribution in [1.29, 1.82) is 0 Å². The summed E-state index contributed by atoms with van der Waals surface area (Å²) in [5, 5.41) is 4.67. The second kappa shape index (κ2) is 7.35. The SMILES string of the molecule is CCCNc1c(C)c(C)nc2ccc(OCc3ccccc3)cc12. The molecule has 3 aromatic rings. The van der Waals surface area contributed by atoms with Gasteiger partial charge in [0.2, 0.25) is 0 Å². The fourth-order valence-electron chi connectivity index (χ4n) is 2.77. The molecule has 0 radical (unpaired) electrons. The van der Waals surface area contributed by atoms with Crippen molar-refractivity contribution in [1.82, 2.24) is 4.98 Å². The van der Waals surface area contributed by atoms with Crippen LogP contribution in [0.15, 0.2) is 48.5 Å². The quantitative estimate of drug-likeness (QED) is 0.673. The molecule has 0 bridgehead atoms. The van der Waals surface area contributed by atoms with Gasteiger partial charge in [0.25, 0.3) is 0 Å². The van der Waals surface area contributed by atoms with Crippen LogP contribution < -0.4 is 10.1 Å². The van der Waals surface area contributed by atoms with Crippen molar-refractivity contribution < 1.29 is 4.74 Å². The van der Waals surface area contributed by atoms with Crippen LogP contribution in [0.25, 0.3) is 10.9 Å². The normalized spacial score (nSPS) is 10.8. The van der Waals surface area contributed by atoms with Crippen LogP contribution in [0.2, 0.25) is 0 Å². The Bertz CT molecular complexity index is 828. The van der Waals surface area contributed by atoms with Gasteiger partial charge in [-0.3, -0.25) is 4.98 Å². The zero-order chi connectivity index (χ0) is 16.9. The van der Waals surface area contributed by atoms with Crippen molar-refractivity contribution in [3.05, 3.63) is 65.4 Å². The highest BCUT2D eigenvalue weighted by Gasteiger charge is 2.10. The highest BCUT2D eigenvalue weighted by atomic mass is 16.5. The summed E-state index contributed by atoms with van der Waals surface area (Å²) in [5.41, 5.74) is 5.61. The molecule has 0 amide bonds. The number of hydrogen-bond acceptors (Lipinski definition) is 3. The van der Waals surface area contributed by atoms with Crippen LogP contribution >= 0.6 is 0 Å². The zero-order valence-corrected chi connectivity index (χ0v) is 14.6. The molecule has 0 aliphatic carbocycles. The van der Waals surface area contributed by atoms with Gasteiger partial charge in [-0.1, -0.05) is 37.3 Å². The van der Waals surface area contributed by atoms with Gasteiger partial charge >= 0.3 is 0 Å². The molecule has 3 rings (SSSR count). The molecule has 0 unspecified atom stereocenters. The number of anilines is 1. The van der Waals surface area contributed by atoms with Gasteiger partial charge in [-0.2, -0.15) is 0 Å². The molecule has 0 saturated carbocycles. The van der Waals surface area contributed by atoms with Crippen molar-refractivity contribution in [2.24, 2.45) is 0 Å². The van der Waals surface area contributed by atoms with Gasteiger partial charge in [-0.05, 0) is 49.6 Å². The van der Waals surface area contributed by atoms with Crippen LogP contribution in [-0.4, -0.2) is 11.5 Å². The lowest BCUT2D eigenvalue weighted by Gasteiger charge is -2.15. The van der Waals surface area contributed by atoms with Crippen molar-refractivity contribution in [2.45, 2.75) is 33.8 Å². The van der Waals surface area contributed by atoms with Crippen LogP contribution in [0.1, 0.15) is 30.2 Å². The first-order valence-electron chi connectivity index (χ1n) is 8.50. The maximum atomic E-state index is 5.97. The molecule has 0 saturated heterocycles. The molecule has 1 N–H and O–H groups in total. The van der Waals surface area contributed by atoms with E-state index in [9.17, 15) is 0 Å². The van der Waals surface area contributed by atoms with Gasteiger partial charge in [0, 0.05) is 23.3 Å². The minimum atomic E-state index is 0.572. The number of benzene rings is 2. The van der Waals surface area contributed by atoms with Crippen molar-refractivity contribution >= 4 is 16.6 Å². The summed E-state index contributed by atoms with van der Waals surface area (Å²) in [4.78, 5) is 4.71. The fourth-order valence-corrected chi connectivity index (χ4v) is 2.77. The van der Waals surface area contributed by atoms with E-state index in [0.717, 1.165) is 35.3 Å². The first kappa shape index (κ1) is 16.3. The number of rotatable bonds is 6. The highest BCUT2D eigenvalue weighted by molar-refractivity contribution is 5.94. The lowest BCUT2D eigenvalue weighted by Crippen LogP contribution is -2.05. The number of nitrogens with one attached hydrogen (secondary N) is 1. The molecular formula is C21H24N2O. The number of ether oxygens (including phenoxy) is 1. The Balaban J connectivity index is 1.92. The number of fused-ring (bicyclic) bond motifs is 1. The molecule has 3 heteroatoms. The molecule has 0 spiro atoms. The Morgan fingerprint density at radius 3 is 2.58 bits per heavy atom. The van der Waals surface area contributed by atoms with Crippen LogP contribution in [-0.2, 0) is 6.61 Å². The molecule has 1 heterocycles. The molecular weight excluding hydrogens is 296 g/mol. The van der Waals surface area contributed by atoms with Crippen LogP contribution in [0, 0.1) is 13.8 Å². The van der Waals surface area contributed by atoms with Crippen molar-refractivity contribution in [3.63, 3.8) is 0 Å². The number of pyridine rings is 1. The molecule has 124 valence electrons. The molecule has 2 aromatic carbocycles. The van der Waals surface area contributed by atoms with E-state index in [0.29, 0.717) is 6.61 Å². The summed E-state index contributed by atoms with van der Waals surface area (Å²) in [6.45, 7) is 7.88. The summed E-state index contributed by atoms with van der Waals surface area (Å²) < 4.78 is 5.97. The highest BCUT2D eigenvalue weighted by Crippen LogP contribution is 2.31. The maximum Gasteiger partial charge on any atom is 0.120 e. The number of aryl methyl sites for hydroxylation is 1. The number of hydrogen-bond donors (Lipinski definition) is 1. The van der Waals surface area contributed by atoms with E-state index in [1.165, 1.54) is 16.8 Å². The Kier molecular flexibility index (Phi) is 4.99. The summed E-state index contributed by atoms with van der Waals surface area (Å²) in [6.07, 6.45) is 1.09. The molecule has 0 atom stereocenters. The van der Waals surface area contributed by atoms with Gasteiger partial charge in [0.15, 0.2) is 0 Å². The van der Waals surface area contributed by atoms with Gasteiger partial charge in [-0.15, -0.1) is 0 Å². The van der Waals surface area contributed by atoms with Gasteiger partial charge in [0.1, 0.15) is 12.4 Å². The fraction of sp³-hybridized carbons (Fsp3) is 0.286. The summed E-state index contributed by atoms with van der Waals surface area (Å²) >= 11 is 0. The van der Waals surface area contributed by atoms with Crippen LogP contribution in [0.4, 0.5) is 5.69 Å². The van der Waals surface area contributed by atoms with Gasteiger partial charge in [-0.25, -0.2) is 0 Å². The lowest BCUT2D eigenvalue weighted by molar-refractivity contribution is 0.306. The van der Waals surface area contributed by atoms with Crippen molar-refractivity contribution in [3.8, 4) is 5.75 Å². The predicted octanol–water partition coefficient (Wildman–Crippen LogP) is 5.25. The summed E-state index contributed by atoms with van der Waals surface area (Å²) in [6, 6.07) is 16.4. The van der Waals surface area contributed by atoms with E-state index in [-0.39, 0.29) is 0 Å². The molecule has 0 fully saturated rings. The number of aromatic nitrogens is 1. The van der Waals surface area contributed by atoms with E-state index in [1.807, 2.05) is 30.3 Å². The van der Waals surface area contributed by atoms with E-state index in [2.05, 4.69) is 44.3 Å². The standard InChI is InChI=1S/C21H24N2O/c1-4-12-22-21-15(2)16(3)23-20-11-10-18(13-19(20)21)24-14-17-8-6-5-7-9-17/h5-11,13H,4,12,14H2,1-3H3,(H,22,23). The first-order valence-corrected chi connectivity index (χ1v) is 8.50. The second-order valence-corrected chi connectivity index (χ2v) is 6.08. The third kappa shape index (κ3) is 3.51. The number of nitrogens with zero attached hydrogens (tertiary/aromatic N) is 1.